The van der Waals surface area contributed by atoms with Gasteiger partial charge in [-0.25, -0.2) is 4.98 Å². The fraction of sp³-hybridized carbons (Fsp3) is 0.732. The van der Waals surface area contributed by atoms with Crippen molar-refractivity contribution in [1.82, 2.24) is 76.2 Å². The van der Waals surface area contributed by atoms with Gasteiger partial charge in [-0.2, -0.15) is 0 Å². The molecule has 1 aromatic heterocycles. The molecule has 117 heavy (non-hydrogen) atoms. The molecule has 2 aliphatic rings. The van der Waals surface area contributed by atoms with Crippen molar-refractivity contribution in [1.29, 1.82) is 0 Å². The topological polar surface area (TPSA) is 459 Å². The van der Waals surface area contributed by atoms with Crippen LogP contribution in [0.2, 0.25) is 0 Å². The molecule has 10 N–H and O–H groups in total. The molecule has 1 saturated carbocycles. The molecule has 13 amide bonds. The number of nitrogens with zero attached hydrogens (tertiary/aromatic N) is 8. The molecule has 1 unspecified atom stereocenters. The predicted octanol–water partition coefficient (Wildman–Crippen LogP) is 2.50. The molecule has 2 aromatic rings. The van der Waals surface area contributed by atoms with Gasteiger partial charge < -0.3 is 96.0 Å². The number of aliphatic carboxylic acids is 2. The summed E-state index contributed by atoms with van der Waals surface area (Å²) in [5.74, 6) is -16.6. The second kappa shape index (κ2) is 46.1. The fourth-order valence-electron chi connectivity index (χ4n) is 14.9. The molecule has 1 saturated heterocycles. The van der Waals surface area contributed by atoms with Gasteiger partial charge in [0.25, 0.3) is 5.91 Å². The zero-order chi connectivity index (χ0) is 88.6. The zero-order valence-corrected chi connectivity index (χ0v) is 73.0. The average molecular weight is 1650 g/mol. The van der Waals surface area contributed by atoms with Crippen LogP contribution >= 0.6 is 0 Å². The maximum atomic E-state index is 15.6. The number of amides is 13. The summed E-state index contributed by atoms with van der Waals surface area (Å²) in [4.78, 5) is 229. The number of hydrogen-bond donors (Lipinski definition) is 10. The Kier molecular flexibility index (Phi) is 39.4. The van der Waals surface area contributed by atoms with Crippen LogP contribution in [0.25, 0.3) is 11.0 Å². The molecule has 0 bridgehead atoms. The van der Waals surface area contributed by atoms with Gasteiger partial charge in [-0.15, -0.1) is 0 Å². The average Bonchev–Trinajstić information content (AvgIpc) is 1.79. The number of H-pyrrole nitrogens is 1. The normalized spacial score (nSPS) is 25.3. The lowest BCUT2D eigenvalue weighted by Gasteiger charge is -2.41. The summed E-state index contributed by atoms with van der Waals surface area (Å²) < 4.78 is 11.2. The summed E-state index contributed by atoms with van der Waals surface area (Å²) in [5.41, 5.74) is 1.13. The first-order valence-electron chi connectivity index (χ1n) is 41.0. The lowest BCUT2D eigenvalue weighted by molar-refractivity contribution is -0.157. The number of carbonyl (C=O) groups is 15. The Morgan fingerprint density at radius 2 is 0.966 bits per heavy atom. The standard InChI is InChI=1S/C82H135N15O20/c1-24-56-76(107)91(17)42-64(98)92(18)59(33-43(2)3)73(104)90-65(47(10)11)79(110)93(19)60(34-44(4)5)72(103)85-50(15)69(100)86-51(16)75(106)94(20)61(35-45(6)7)77(108)95(21)62(36-46(8)9)78(109)96(22)66(48(12)13)80(111)97(23)67(74(105)89-56)68(99)49(14)37-63-87-57-26-25-52(41-58(57)88-63)70(101)83-27-29-116-31-32-117-30-28-84-71(102)53-38-54(81(112)113)40-55(39-53)82(114)115/h25-26,41,43-51,53-56,59-62,65-68,99H,24,27-40,42H2,1-23H3,(H,83,101)(H,84,102)(H,85,103)(H,86,100)(H,87,88)(H,89,105)(H,90,104)(H,112,113)(H,114,115)/t49-,50+,51-,53?,54-,55+,56+,59+,60+,61+,62+,65+,66+,67+,68-/m1/s1. The fourth-order valence-corrected chi connectivity index (χ4v) is 14.9. The van der Waals surface area contributed by atoms with Crippen LogP contribution in [0.15, 0.2) is 18.2 Å². The van der Waals surface area contributed by atoms with Crippen molar-refractivity contribution in [2.45, 2.75) is 235 Å². The van der Waals surface area contributed by atoms with Crippen molar-refractivity contribution in [3.05, 3.63) is 29.6 Å². The largest absolute Gasteiger partial charge is 0.481 e. The number of likely N-dealkylation sites (N-methyl/N-ethyl adjacent to an activating group) is 7. The van der Waals surface area contributed by atoms with Gasteiger partial charge in [0.2, 0.25) is 70.9 Å². The van der Waals surface area contributed by atoms with Crippen LogP contribution < -0.4 is 31.9 Å². The van der Waals surface area contributed by atoms with Gasteiger partial charge in [-0.3, -0.25) is 71.9 Å². The third-order valence-electron chi connectivity index (χ3n) is 21.9. The number of aromatic amines is 1. The number of aliphatic hydroxyl groups is 1. The SMILES string of the molecule is CC[C@@H]1NC(=O)[C@H]([C@H](O)[C@H](C)Cc2nc3ccc(C(=O)NCCOCCOCCNC(=O)C4C[C@@H](C(=O)O)C[C@@H](C(=O)O)C4)cc3[nH]2)N(C)C(=O)[C@H](C(C)C)N(C)C(=O)[C@H](CC(C)C)N(C)C(=O)[C@H](CC(C)C)N(C)C(=O)[C@@H](C)NC(=O)[C@H](C)NC(=O)[C@H](CC(C)C)N(C)C(=O)[C@H](C(C)C)NC(=O)[C@H](CC(C)C)N(C)C(=O)CN(C)C1=O. The Morgan fingerprint density at radius 1 is 0.504 bits per heavy atom. The van der Waals surface area contributed by atoms with Gasteiger partial charge in [0.05, 0.1) is 61.9 Å². The van der Waals surface area contributed by atoms with Gasteiger partial charge in [0.15, 0.2) is 0 Å². The number of imidazole rings is 1. The lowest BCUT2D eigenvalue weighted by atomic mass is 9.75. The summed E-state index contributed by atoms with van der Waals surface area (Å²) in [7, 11) is 9.66. The van der Waals surface area contributed by atoms with E-state index in [0.29, 0.717) is 16.9 Å². The van der Waals surface area contributed by atoms with E-state index in [9.17, 15) is 68.1 Å². The predicted molar refractivity (Wildman–Crippen MR) is 435 cm³/mol. The highest BCUT2D eigenvalue weighted by Crippen LogP contribution is 2.35. The quantitative estimate of drug-likeness (QED) is 0.0547. The lowest BCUT2D eigenvalue weighted by Crippen LogP contribution is -2.63. The summed E-state index contributed by atoms with van der Waals surface area (Å²) in [6.07, 6.45) is -1.44. The summed E-state index contributed by atoms with van der Waals surface area (Å²) in [6.45, 7) is 27.7. The number of nitrogens with one attached hydrogen (secondary N) is 7. The highest BCUT2D eigenvalue weighted by molar-refractivity contribution is 6.01. The number of carboxylic acid groups (broad SMARTS) is 2. The highest BCUT2D eigenvalue weighted by atomic mass is 16.5. The van der Waals surface area contributed by atoms with Crippen molar-refractivity contribution in [2.24, 2.45) is 59.2 Å². The molecule has 1 aromatic carbocycles. The highest BCUT2D eigenvalue weighted by Gasteiger charge is 2.47. The Labute approximate surface area is 689 Å². The van der Waals surface area contributed by atoms with Crippen molar-refractivity contribution in [3.8, 4) is 0 Å². The second-order valence-electron chi connectivity index (χ2n) is 34.2. The number of fused-ring (bicyclic) bond motifs is 1. The van der Waals surface area contributed by atoms with Crippen LogP contribution in [-0.4, -0.2) is 310 Å². The van der Waals surface area contributed by atoms with E-state index in [1.165, 1.54) is 87.7 Å². The molecule has 35 heteroatoms. The number of rotatable bonds is 28. The number of aliphatic hydroxyl groups excluding tert-OH is 1. The molecule has 658 valence electrons. The van der Waals surface area contributed by atoms with Crippen LogP contribution in [0.5, 0.6) is 0 Å². The number of carboxylic acids is 2. The molecule has 0 radical (unpaired) electrons. The first kappa shape index (κ1) is 100.0. The van der Waals surface area contributed by atoms with E-state index in [1.807, 2.05) is 55.4 Å². The van der Waals surface area contributed by atoms with Crippen LogP contribution in [0.3, 0.4) is 0 Å². The Hall–Kier alpha value is -9.38. The zero-order valence-electron chi connectivity index (χ0n) is 73.0. The minimum absolute atomic E-state index is 0.0331. The molecular weight excluding hydrogens is 1510 g/mol. The first-order valence-corrected chi connectivity index (χ1v) is 41.0. The summed E-state index contributed by atoms with van der Waals surface area (Å²) in [6, 6.07) is -8.47. The van der Waals surface area contributed by atoms with Crippen molar-refractivity contribution in [3.63, 3.8) is 0 Å². The second-order valence-corrected chi connectivity index (χ2v) is 34.2. The van der Waals surface area contributed by atoms with Gasteiger partial charge in [-0.05, 0) is 125 Å². The van der Waals surface area contributed by atoms with Crippen molar-refractivity contribution in [2.75, 3.05) is 95.4 Å². The minimum Gasteiger partial charge on any atom is -0.481 e. The van der Waals surface area contributed by atoms with Crippen LogP contribution in [-0.2, 0) is 83.0 Å². The summed E-state index contributed by atoms with van der Waals surface area (Å²) in [5, 5.41) is 48.2. The molecular formula is C82H135N15O20. The molecule has 1 aliphatic heterocycles. The van der Waals surface area contributed by atoms with Crippen LogP contribution in [0.1, 0.15) is 178 Å². The third-order valence-corrected chi connectivity index (χ3v) is 21.9. The van der Waals surface area contributed by atoms with Gasteiger partial charge in [0.1, 0.15) is 66.2 Å². The van der Waals surface area contributed by atoms with E-state index in [-0.39, 0.29) is 127 Å². The van der Waals surface area contributed by atoms with E-state index >= 15 is 19.2 Å². The number of carbonyl (C=O) groups excluding carboxylic acids is 13. The molecule has 2 heterocycles. The molecule has 2 fully saturated rings. The Morgan fingerprint density at radius 3 is 1.47 bits per heavy atom. The summed E-state index contributed by atoms with van der Waals surface area (Å²) >= 11 is 0. The monoisotopic (exact) mass is 1650 g/mol. The maximum absolute atomic E-state index is 15.6. The Bertz CT molecular complexity index is 3750. The number of aromatic nitrogens is 2. The van der Waals surface area contributed by atoms with E-state index < -0.39 is 197 Å². The van der Waals surface area contributed by atoms with Gasteiger partial charge in [0, 0.05) is 80.3 Å². The molecule has 4 rings (SSSR count). The Balaban J connectivity index is 1.72. The maximum Gasteiger partial charge on any atom is 0.306 e. The van der Waals surface area contributed by atoms with E-state index in [1.54, 1.807) is 59.7 Å². The number of ether oxygens (including phenoxy) is 2. The first-order chi connectivity index (χ1) is 54.6. The van der Waals surface area contributed by atoms with E-state index in [4.69, 9.17) is 14.5 Å². The number of benzene rings is 1. The molecule has 0 spiro atoms. The van der Waals surface area contributed by atoms with Crippen molar-refractivity contribution < 1.29 is 96.7 Å². The smallest absolute Gasteiger partial charge is 0.306 e. The van der Waals surface area contributed by atoms with Crippen LogP contribution in [0.4, 0.5) is 0 Å². The third kappa shape index (κ3) is 28.4. The van der Waals surface area contributed by atoms with E-state index in [2.05, 4.69) is 36.9 Å². The van der Waals surface area contributed by atoms with Crippen LogP contribution in [0, 0.1) is 59.2 Å². The molecule has 1 aliphatic carbocycles. The molecule has 35 nitrogen and oxygen atoms in total. The van der Waals surface area contributed by atoms with Crippen molar-refractivity contribution >= 4 is 99.8 Å². The van der Waals surface area contributed by atoms with Gasteiger partial charge in [-0.1, -0.05) is 96.9 Å². The molecule has 15 atom stereocenters. The minimum atomic E-state index is -1.82. The van der Waals surface area contributed by atoms with Gasteiger partial charge >= 0.3 is 11.9 Å². The van der Waals surface area contributed by atoms with E-state index in [0.717, 1.165) is 9.80 Å². The number of hydrogen-bond acceptors (Lipinski definition) is 19.